The van der Waals surface area contributed by atoms with Gasteiger partial charge in [0.1, 0.15) is 0 Å². The molecule has 104 valence electrons. The molecule has 4 heteroatoms. The Kier molecular flexibility index (Phi) is 5.45. The van der Waals surface area contributed by atoms with Gasteiger partial charge in [-0.2, -0.15) is 0 Å². The summed E-state index contributed by atoms with van der Waals surface area (Å²) >= 11 is 11.7. The van der Waals surface area contributed by atoms with E-state index in [4.69, 9.17) is 23.2 Å². The number of rotatable bonds is 5. The summed E-state index contributed by atoms with van der Waals surface area (Å²) in [5.41, 5.74) is 2.76. The molecule has 0 spiro atoms. The van der Waals surface area contributed by atoms with Crippen molar-refractivity contribution in [2.75, 3.05) is 11.2 Å². The van der Waals surface area contributed by atoms with Gasteiger partial charge in [-0.05, 0) is 35.7 Å². The fourth-order valence-electron chi connectivity index (χ4n) is 1.88. The van der Waals surface area contributed by atoms with Crippen LogP contribution >= 0.6 is 23.2 Å². The monoisotopic (exact) mass is 307 g/mol. The second-order valence-corrected chi connectivity index (χ2v) is 5.24. The van der Waals surface area contributed by atoms with E-state index in [1.807, 2.05) is 42.5 Å². The Morgan fingerprint density at radius 1 is 1.05 bits per heavy atom. The van der Waals surface area contributed by atoms with Crippen molar-refractivity contribution in [2.45, 2.75) is 12.8 Å². The van der Waals surface area contributed by atoms with Crippen LogP contribution in [0.3, 0.4) is 0 Å². The highest BCUT2D eigenvalue weighted by atomic mass is 35.5. The number of carbonyl (C=O) groups excluding carboxylic acids is 1. The number of aryl methyl sites for hydroxylation is 1. The van der Waals surface area contributed by atoms with Gasteiger partial charge in [-0.25, -0.2) is 0 Å². The lowest BCUT2D eigenvalue weighted by molar-refractivity contribution is -0.115. The molecule has 0 fully saturated rings. The molecular weight excluding hydrogens is 293 g/mol. The third-order valence-electron chi connectivity index (χ3n) is 2.93. The van der Waals surface area contributed by atoms with Gasteiger partial charge in [0.25, 0.3) is 0 Å². The molecule has 0 aliphatic heterocycles. The molecule has 0 aliphatic rings. The summed E-state index contributed by atoms with van der Waals surface area (Å²) in [7, 11) is 0. The lowest BCUT2D eigenvalue weighted by Gasteiger charge is -2.07. The molecule has 0 atom stereocenters. The van der Waals surface area contributed by atoms with Crippen LogP contribution in [0.4, 0.5) is 5.69 Å². The van der Waals surface area contributed by atoms with Gasteiger partial charge in [0.05, 0.1) is 6.42 Å². The molecule has 2 aromatic rings. The van der Waals surface area contributed by atoms with E-state index in [0.29, 0.717) is 10.9 Å². The summed E-state index contributed by atoms with van der Waals surface area (Å²) in [5, 5.41) is 3.47. The summed E-state index contributed by atoms with van der Waals surface area (Å²) in [4.78, 5) is 12.0. The molecule has 1 amide bonds. The van der Waals surface area contributed by atoms with Crippen molar-refractivity contribution in [1.82, 2.24) is 0 Å². The molecule has 0 aliphatic carbocycles. The fourth-order valence-corrected chi connectivity index (χ4v) is 2.30. The quantitative estimate of drug-likeness (QED) is 0.820. The molecule has 0 aromatic heterocycles. The predicted octanol–water partition coefficient (Wildman–Crippen LogP) is 4.30. The van der Waals surface area contributed by atoms with Crippen LogP contribution in [0.15, 0.2) is 48.5 Å². The number of alkyl halides is 1. The van der Waals surface area contributed by atoms with Gasteiger partial charge >= 0.3 is 0 Å². The van der Waals surface area contributed by atoms with Crippen molar-refractivity contribution in [3.05, 3.63) is 64.7 Å². The van der Waals surface area contributed by atoms with Crippen LogP contribution in [0.25, 0.3) is 0 Å². The highest BCUT2D eigenvalue weighted by Gasteiger charge is 2.06. The average molecular weight is 308 g/mol. The molecule has 0 heterocycles. The lowest BCUT2D eigenvalue weighted by Crippen LogP contribution is -2.14. The highest BCUT2D eigenvalue weighted by molar-refractivity contribution is 6.31. The molecule has 0 saturated heterocycles. The average Bonchev–Trinajstić information content (AvgIpc) is 2.44. The molecule has 2 rings (SSSR count). The molecule has 0 radical (unpaired) electrons. The minimum absolute atomic E-state index is 0.0804. The maximum atomic E-state index is 12.0. The first-order valence-corrected chi connectivity index (χ1v) is 7.28. The Morgan fingerprint density at radius 3 is 2.40 bits per heavy atom. The van der Waals surface area contributed by atoms with Crippen molar-refractivity contribution in [1.29, 1.82) is 0 Å². The molecule has 2 nitrogen and oxygen atoms in total. The third kappa shape index (κ3) is 4.26. The van der Waals surface area contributed by atoms with Gasteiger partial charge in [0, 0.05) is 16.6 Å². The Morgan fingerprint density at radius 2 is 1.75 bits per heavy atom. The predicted molar refractivity (Wildman–Crippen MR) is 84.7 cm³/mol. The lowest BCUT2D eigenvalue weighted by atomic mass is 10.1. The van der Waals surface area contributed by atoms with Crippen LogP contribution < -0.4 is 5.32 Å². The van der Waals surface area contributed by atoms with Crippen LogP contribution in [0.2, 0.25) is 5.02 Å². The smallest absolute Gasteiger partial charge is 0.228 e. The maximum absolute atomic E-state index is 12.0. The number of amides is 1. The Bertz CT molecular complexity index is 581. The van der Waals surface area contributed by atoms with E-state index in [2.05, 4.69) is 5.32 Å². The van der Waals surface area contributed by atoms with Gasteiger partial charge in [-0.1, -0.05) is 41.9 Å². The van der Waals surface area contributed by atoms with Crippen LogP contribution in [0.1, 0.15) is 11.1 Å². The number of hydrogen-bond donors (Lipinski definition) is 1. The van der Waals surface area contributed by atoms with E-state index in [9.17, 15) is 4.79 Å². The van der Waals surface area contributed by atoms with E-state index in [0.717, 1.165) is 23.2 Å². The van der Waals surface area contributed by atoms with Gasteiger partial charge in [-0.3, -0.25) is 4.79 Å². The van der Waals surface area contributed by atoms with Crippen molar-refractivity contribution in [3.63, 3.8) is 0 Å². The maximum Gasteiger partial charge on any atom is 0.228 e. The van der Waals surface area contributed by atoms with Crippen molar-refractivity contribution < 1.29 is 4.79 Å². The Balaban J connectivity index is 1.96. The number of anilines is 1. The summed E-state index contributed by atoms with van der Waals surface area (Å²) in [6, 6.07) is 15.0. The first kappa shape index (κ1) is 14.9. The fraction of sp³-hybridized carbons (Fsp3) is 0.188. The zero-order chi connectivity index (χ0) is 14.4. The minimum Gasteiger partial charge on any atom is -0.326 e. The molecule has 0 saturated carbocycles. The van der Waals surface area contributed by atoms with Crippen LogP contribution in [0.5, 0.6) is 0 Å². The van der Waals surface area contributed by atoms with Crippen molar-refractivity contribution >= 4 is 34.8 Å². The van der Waals surface area contributed by atoms with E-state index in [1.54, 1.807) is 6.07 Å². The van der Waals surface area contributed by atoms with Gasteiger partial charge in [0.2, 0.25) is 5.91 Å². The summed E-state index contributed by atoms with van der Waals surface area (Å²) in [6.07, 6.45) is 1.10. The van der Waals surface area contributed by atoms with Crippen LogP contribution in [-0.2, 0) is 17.6 Å². The summed E-state index contributed by atoms with van der Waals surface area (Å²) < 4.78 is 0. The van der Waals surface area contributed by atoms with Crippen LogP contribution in [-0.4, -0.2) is 11.8 Å². The van der Waals surface area contributed by atoms with Crippen molar-refractivity contribution in [2.24, 2.45) is 0 Å². The first-order chi connectivity index (χ1) is 9.69. The standard InChI is InChI=1S/C16H15Cl2NO/c17-10-9-12-5-7-14(8-6-12)19-16(20)11-13-3-1-2-4-15(13)18/h1-8H,9-11H2,(H,19,20). The number of halogens is 2. The normalized spacial score (nSPS) is 10.3. The number of nitrogens with one attached hydrogen (secondary N) is 1. The van der Waals surface area contributed by atoms with Gasteiger partial charge < -0.3 is 5.32 Å². The zero-order valence-corrected chi connectivity index (χ0v) is 12.4. The van der Waals surface area contributed by atoms with Crippen molar-refractivity contribution in [3.8, 4) is 0 Å². The molecule has 2 aromatic carbocycles. The number of benzene rings is 2. The minimum atomic E-state index is -0.0804. The molecular formula is C16H15Cl2NO. The van der Waals surface area contributed by atoms with E-state index in [-0.39, 0.29) is 12.3 Å². The number of carbonyl (C=O) groups is 1. The second-order valence-electron chi connectivity index (χ2n) is 4.45. The van der Waals surface area contributed by atoms with Gasteiger partial charge in [0.15, 0.2) is 0 Å². The summed E-state index contributed by atoms with van der Waals surface area (Å²) in [5.74, 6) is 0.515. The van der Waals surface area contributed by atoms with E-state index in [1.165, 1.54) is 0 Å². The van der Waals surface area contributed by atoms with E-state index >= 15 is 0 Å². The molecule has 20 heavy (non-hydrogen) atoms. The molecule has 0 unspecified atom stereocenters. The largest absolute Gasteiger partial charge is 0.326 e. The summed E-state index contributed by atoms with van der Waals surface area (Å²) in [6.45, 7) is 0. The van der Waals surface area contributed by atoms with Gasteiger partial charge in [-0.15, -0.1) is 11.6 Å². The SMILES string of the molecule is O=C(Cc1ccccc1Cl)Nc1ccc(CCCl)cc1. The number of hydrogen-bond acceptors (Lipinski definition) is 1. The Hall–Kier alpha value is -1.51. The van der Waals surface area contributed by atoms with Crippen LogP contribution in [0, 0.1) is 0 Å². The topological polar surface area (TPSA) is 29.1 Å². The second kappa shape index (κ2) is 7.32. The first-order valence-electron chi connectivity index (χ1n) is 6.37. The highest BCUT2D eigenvalue weighted by Crippen LogP contribution is 2.16. The molecule has 0 bridgehead atoms. The third-order valence-corrected chi connectivity index (χ3v) is 3.49. The molecule has 1 N–H and O–H groups in total. The Labute approximate surface area is 128 Å². The zero-order valence-electron chi connectivity index (χ0n) is 10.9. The van der Waals surface area contributed by atoms with E-state index < -0.39 is 0 Å².